The number of halogens is 2. The highest BCUT2D eigenvalue weighted by atomic mass is 35.5. The number of benzene rings is 2. The number of Topliss-reactive ketones (excluding diaryl/α,β-unsaturated/α-hetero) is 1. The van der Waals surface area contributed by atoms with Crippen molar-refractivity contribution in [2.75, 3.05) is 20.6 Å². The zero-order chi connectivity index (χ0) is 17.7. The first-order chi connectivity index (χ1) is 11.4. The molecule has 2 aromatic rings. The Hall–Kier alpha value is -1.87. The lowest BCUT2D eigenvalue weighted by Crippen LogP contribution is -2.20. The van der Waals surface area contributed by atoms with Crippen molar-refractivity contribution in [3.8, 4) is 0 Å². The Labute approximate surface area is 153 Å². The molecule has 0 aliphatic carbocycles. The van der Waals surface area contributed by atoms with Crippen LogP contribution in [0.4, 0.5) is 0 Å². The van der Waals surface area contributed by atoms with E-state index in [2.05, 4.69) is 6.58 Å². The van der Waals surface area contributed by atoms with Crippen LogP contribution in [0.5, 0.6) is 0 Å². The molecule has 0 bridgehead atoms. The second-order valence-electron chi connectivity index (χ2n) is 5.76. The standard InChI is InChI=1S/C20H19Cl2NO/c1-14(13-23(2)3)20(24)18(17-6-4-5-7-19(17)22)12-15-8-10-16(21)11-9-15/h4-12H,1,13H2,2-3H3/b18-12+. The fraction of sp³-hybridized carbons (Fsp3) is 0.150. The highest BCUT2D eigenvalue weighted by Crippen LogP contribution is 2.28. The van der Waals surface area contributed by atoms with Gasteiger partial charge in [0.05, 0.1) is 0 Å². The van der Waals surface area contributed by atoms with E-state index >= 15 is 0 Å². The van der Waals surface area contributed by atoms with E-state index in [9.17, 15) is 4.79 Å². The monoisotopic (exact) mass is 359 g/mol. The molecule has 4 heteroatoms. The van der Waals surface area contributed by atoms with E-state index in [-0.39, 0.29) is 5.78 Å². The Balaban J connectivity index is 2.49. The molecule has 0 fully saturated rings. The summed E-state index contributed by atoms with van der Waals surface area (Å²) in [6.45, 7) is 4.42. The first-order valence-corrected chi connectivity index (χ1v) is 8.23. The molecule has 0 atom stereocenters. The van der Waals surface area contributed by atoms with Crippen LogP contribution in [0, 0.1) is 0 Å². The van der Waals surface area contributed by atoms with Gasteiger partial charge in [-0.25, -0.2) is 0 Å². The van der Waals surface area contributed by atoms with Crippen LogP contribution in [0.25, 0.3) is 11.6 Å². The van der Waals surface area contributed by atoms with Crippen LogP contribution in [-0.4, -0.2) is 31.3 Å². The van der Waals surface area contributed by atoms with Gasteiger partial charge in [-0.2, -0.15) is 0 Å². The number of rotatable bonds is 6. The van der Waals surface area contributed by atoms with Gasteiger partial charge in [0.2, 0.25) is 0 Å². The fourth-order valence-corrected chi connectivity index (χ4v) is 2.68. The summed E-state index contributed by atoms with van der Waals surface area (Å²) in [6, 6.07) is 14.6. The van der Waals surface area contributed by atoms with Gasteiger partial charge in [0.1, 0.15) is 0 Å². The predicted octanol–water partition coefficient (Wildman–Crippen LogP) is 5.22. The zero-order valence-corrected chi connectivity index (χ0v) is 15.2. The molecule has 124 valence electrons. The molecule has 0 aromatic heterocycles. The summed E-state index contributed by atoms with van der Waals surface area (Å²) in [5.41, 5.74) is 2.61. The summed E-state index contributed by atoms with van der Waals surface area (Å²) in [5.74, 6) is -0.119. The molecule has 2 rings (SSSR count). The smallest absolute Gasteiger partial charge is 0.190 e. The van der Waals surface area contributed by atoms with Gasteiger partial charge in [0.15, 0.2) is 5.78 Å². The summed E-state index contributed by atoms with van der Waals surface area (Å²) in [6.07, 6.45) is 1.82. The Morgan fingerprint density at radius 2 is 1.71 bits per heavy atom. The third-order valence-corrected chi connectivity index (χ3v) is 4.00. The van der Waals surface area contributed by atoms with Gasteiger partial charge in [-0.3, -0.25) is 4.79 Å². The zero-order valence-electron chi connectivity index (χ0n) is 13.7. The van der Waals surface area contributed by atoms with E-state index in [4.69, 9.17) is 23.2 Å². The molecule has 24 heavy (non-hydrogen) atoms. The van der Waals surface area contributed by atoms with Crippen LogP contribution >= 0.6 is 23.2 Å². The molecule has 0 spiro atoms. The molecule has 0 heterocycles. The lowest BCUT2D eigenvalue weighted by atomic mass is 9.95. The number of carbonyl (C=O) groups is 1. The van der Waals surface area contributed by atoms with Gasteiger partial charge >= 0.3 is 0 Å². The van der Waals surface area contributed by atoms with Gasteiger partial charge in [-0.1, -0.05) is 60.1 Å². The Morgan fingerprint density at radius 3 is 2.29 bits per heavy atom. The highest BCUT2D eigenvalue weighted by Gasteiger charge is 2.18. The Bertz CT molecular complexity index is 776. The Kier molecular flexibility index (Phi) is 6.38. The van der Waals surface area contributed by atoms with Gasteiger partial charge < -0.3 is 4.90 Å². The number of nitrogens with zero attached hydrogens (tertiary/aromatic N) is 1. The van der Waals surface area contributed by atoms with Crippen molar-refractivity contribution in [3.63, 3.8) is 0 Å². The number of carbonyl (C=O) groups excluding carboxylic acids is 1. The third kappa shape index (κ3) is 4.81. The highest BCUT2D eigenvalue weighted by molar-refractivity contribution is 6.38. The molecule has 0 saturated carbocycles. The second kappa shape index (κ2) is 8.29. The molecule has 2 nitrogen and oxygen atoms in total. The lowest BCUT2D eigenvalue weighted by Gasteiger charge is -2.14. The topological polar surface area (TPSA) is 20.3 Å². The number of likely N-dealkylation sites (N-methyl/N-ethyl adjacent to an activating group) is 1. The maximum Gasteiger partial charge on any atom is 0.190 e. The minimum absolute atomic E-state index is 0.119. The fourth-order valence-electron chi connectivity index (χ4n) is 2.31. The first kappa shape index (κ1) is 18.5. The average molecular weight is 360 g/mol. The number of allylic oxidation sites excluding steroid dienone is 1. The molecule has 0 unspecified atom stereocenters. The van der Waals surface area contributed by atoms with Crippen LogP contribution in [0.15, 0.2) is 60.7 Å². The van der Waals surface area contributed by atoms with Crippen LogP contribution in [0.2, 0.25) is 10.0 Å². The number of hydrogen-bond acceptors (Lipinski definition) is 2. The molecule has 0 amide bonds. The number of hydrogen-bond donors (Lipinski definition) is 0. The van der Waals surface area contributed by atoms with Crippen molar-refractivity contribution >= 4 is 40.6 Å². The van der Waals surface area contributed by atoms with E-state index in [1.54, 1.807) is 18.2 Å². The average Bonchev–Trinajstić information content (AvgIpc) is 2.54. The van der Waals surface area contributed by atoms with Crippen molar-refractivity contribution in [2.45, 2.75) is 0 Å². The van der Waals surface area contributed by atoms with Crippen LogP contribution < -0.4 is 0 Å². The van der Waals surface area contributed by atoms with Gasteiger partial charge in [0.25, 0.3) is 0 Å². The van der Waals surface area contributed by atoms with Crippen molar-refractivity contribution in [2.24, 2.45) is 0 Å². The van der Waals surface area contributed by atoms with Gasteiger partial charge in [0, 0.05) is 33.3 Å². The summed E-state index contributed by atoms with van der Waals surface area (Å²) in [7, 11) is 3.80. The molecule has 0 N–H and O–H groups in total. The SMILES string of the molecule is C=C(CN(C)C)C(=O)/C(=C/c1ccc(Cl)cc1)c1ccccc1Cl. The molecule has 0 radical (unpaired) electrons. The molecule has 0 saturated heterocycles. The largest absolute Gasteiger partial charge is 0.305 e. The predicted molar refractivity (Wildman–Crippen MR) is 103 cm³/mol. The van der Waals surface area contributed by atoms with Crippen molar-refractivity contribution in [3.05, 3.63) is 81.9 Å². The van der Waals surface area contributed by atoms with Crippen LogP contribution in [0.1, 0.15) is 11.1 Å². The van der Waals surface area contributed by atoms with E-state index in [0.717, 1.165) is 5.56 Å². The second-order valence-corrected chi connectivity index (χ2v) is 6.60. The van der Waals surface area contributed by atoms with Crippen LogP contribution in [-0.2, 0) is 4.79 Å². The van der Waals surface area contributed by atoms with Crippen molar-refractivity contribution < 1.29 is 4.79 Å². The van der Waals surface area contributed by atoms with Crippen molar-refractivity contribution in [1.29, 1.82) is 0 Å². The molecular formula is C20H19Cl2NO. The lowest BCUT2D eigenvalue weighted by molar-refractivity contribution is -0.110. The van der Waals surface area contributed by atoms with E-state index in [0.29, 0.717) is 33.3 Å². The molecule has 0 aliphatic heterocycles. The van der Waals surface area contributed by atoms with E-state index < -0.39 is 0 Å². The Morgan fingerprint density at radius 1 is 1.08 bits per heavy atom. The molecule has 0 aliphatic rings. The van der Waals surface area contributed by atoms with Gasteiger partial charge in [-0.05, 0) is 43.9 Å². The summed E-state index contributed by atoms with van der Waals surface area (Å²) in [5, 5.41) is 1.18. The summed E-state index contributed by atoms with van der Waals surface area (Å²) in [4.78, 5) is 14.8. The van der Waals surface area contributed by atoms with Crippen LogP contribution in [0.3, 0.4) is 0 Å². The molecular weight excluding hydrogens is 341 g/mol. The normalized spacial score (nSPS) is 11.6. The van der Waals surface area contributed by atoms with E-state index in [1.807, 2.05) is 55.4 Å². The van der Waals surface area contributed by atoms with Crippen molar-refractivity contribution in [1.82, 2.24) is 4.90 Å². The minimum Gasteiger partial charge on any atom is -0.305 e. The maximum atomic E-state index is 12.9. The number of ketones is 1. The summed E-state index contributed by atoms with van der Waals surface area (Å²) >= 11 is 12.2. The van der Waals surface area contributed by atoms with E-state index in [1.165, 1.54) is 0 Å². The maximum absolute atomic E-state index is 12.9. The minimum atomic E-state index is -0.119. The first-order valence-electron chi connectivity index (χ1n) is 7.48. The van der Waals surface area contributed by atoms with Gasteiger partial charge in [-0.15, -0.1) is 0 Å². The summed E-state index contributed by atoms with van der Waals surface area (Å²) < 4.78 is 0. The molecule has 2 aromatic carbocycles. The third-order valence-electron chi connectivity index (χ3n) is 3.42. The quantitative estimate of drug-likeness (QED) is 0.520.